The Balaban J connectivity index is 2.01. The van der Waals surface area contributed by atoms with Crippen LogP contribution in [0.3, 0.4) is 0 Å². The Bertz CT molecular complexity index is 467. The van der Waals surface area contributed by atoms with Gasteiger partial charge in [0, 0.05) is 13.1 Å². The second-order valence-electron chi connectivity index (χ2n) is 6.89. The largest absolute Gasteiger partial charge is 0.341 e. The van der Waals surface area contributed by atoms with Crippen LogP contribution in [0.2, 0.25) is 0 Å². The second kappa shape index (κ2) is 6.65. The Labute approximate surface area is 128 Å². The lowest BCUT2D eigenvalue weighted by Crippen LogP contribution is -2.52. The molecule has 5 nitrogen and oxygen atoms in total. The number of piperidine rings is 1. The average molecular weight is 316 g/mol. The summed E-state index contributed by atoms with van der Waals surface area (Å²) in [7, 11) is -3.34. The topological polar surface area (TPSA) is 66.5 Å². The van der Waals surface area contributed by atoms with Crippen LogP contribution in [0.25, 0.3) is 0 Å². The highest BCUT2D eigenvalue weighted by Gasteiger charge is 2.38. The molecule has 2 rings (SSSR count). The van der Waals surface area contributed by atoms with Gasteiger partial charge in [0.25, 0.3) is 0 Å². The van der Waals surface area contributed by atoms with E-state index in [0.717, 1.165) is 25.8 Å². The van der Waals surface area contributed by atoms with Crippen LogP contribution in [0.1, 0.15) is 58.3 Å². The number of carbonyl (C=O) groups excluding carboxylic acids is 1. The Kier molecular flexibility index (Phi) is 5.30. The molecule has 1 unspecified atom stereocenters. The fraction of sp³-hybridized carbons (Fsp3) is 0.933. The molecule has 1 atom stereocenters. The molecule has 1 aliphatic carbocycles. The SMILES string of the molecule is CC(NS(C)(=O)=O)C(=O)N1CCCC2(CCCCCC2)C1. The molecule has 2 aliphatic rings. The van der Waals surface area contributed by atoms with Crippen LogP contribution in [-0.2, 0) is 14.8 Å². The van der Waals surface area contributed by atoms with Crippen molar-refractivity contribution in [1.82, 2.24) is 9.62 Å². The summed E-state index contributed by atoms with van der Waals surface area (Å²) in [5.41, 5.74) is 0.287. The van der Waals surface area contributed by atoms with Gasteiger partial charge in [-0.05, 0) is 38.0 Å². The number of likely N-dealkylation sites (tertiary alicyclic amines) is 1. The molecule has 0 radical (unpaired) electrons. The molecule has 6 heteroatoms. The molecule has 122 valence electrons. The standard InChI is InChI=1S/C15H28N2O3S/c1-13(16-21(2,19)20)14(18)17-11-7-10-15(12-17)8-5-3-4-6-9-15/h13,16H,3-12H2,1-2H3. The van der Waals surface area contributed by atoms with Gasteiger partial charge in [-0.25, -0.2) is 13.1 Å². The first-order valence-electron chi connectivity index (χ1n) is 8.07. The summed E-state index contributed by atoms with van der Waals surface area (Å²) in [6.07, 6.45) is 10.9. The molecule has 0 aromatic carbocycles. The van der Waals surface area contributed by atoms with Crippen molar-refractivity contribution in [3.63, 3.8) is 0 Å². The molecule has 1 spiro atoms. The van der Waals surface area contributed by atoms with Gasteiger partial charge in [-0.1, -0.05) is 25.7 Å². The fourth-order valence-electron chi connectivity index (χ4n) is 3.93. The van der Waals surface area contributed by atoms with Crippen molar-refractivity contribution >= 4 is 15.9 Å². The highest BCUT2D eigenvalue weighted by Crippen LogP contribution is 2.42. The maximum Gasteiger partial charge on any atom is 0.240 e. The highest BCUT2D eigenvalue weighted by atomic mass is 32.2. The molecule has 1 heterocycles. The molecular weight excluding hydrogens is 288 g/mol. The Hall–Kier alpha value is -0.620. The second-order valence-corrected chi connectivity index (χ2v) is 8.67. The van der Waals surface area contributed by atoms with E-state index in [9.17, 15) is 13.2 Å². The minimum absolute atomic E-state index is 0.0799. The van der Waals surface area contributed by atoms with Crippen molar-refractivity contribution in [2.45, 2.75) is 64.3 Å². The summed E-state index contributed by atoms with van der Waals surface area (Å²) < 4.78 is 25.0. The zero-order chi connectivity index (χ0) is 15.5. The Morgan fingerprint density at radius 3 is 2.24 bits per heavy atom. The minimum Gasteiger partial charge on any atom is -0.341 e. The van der Waals surface area contributed by atoms with Crippen molar-refractivity contribution in [3.05, 3.63) is 0 Å². The van der Waals surface area contributed by atoms with E-state index in [-0.39, 0.29) is 11.3 Å². The maximum absolute atomic E-state index is 12.5. The lowest BCUT2D eigenvalue weighted by Gasteiger charge is -2.43. The van der Waals surface area contributed by atoms with Gasteiger partial charge in [-0.15, -0.1) is 0 Å². The summed E-state index contributed by atoms with van der Waals surface area (Å²) in [4.78, 5) is 14.4. The summed E-state index contributed by atoms with van der Waals surface area (Å²) >= 11 is 0. The predicted octanol–water partition coefficient (Wildman–Crippen LogP) is 1.89. The van der Waals surface area contributed by atoms with Gasteiger partial charge in [0.05, 0.1) is 12.3 Å². The van der Waals surface area contributed by atoms with E-state index in [1.54, 1.807) is 6.92 Å². The van der Waals surface area contributed by atoms with E-state index in [0.29, 0.717) is 0 Å². The van der Waals surface area contributed by atoms with Crippen LogP contribution in [0, 0.1) is 5.41 Å². The van der Waals surface area contributed by atoms with Gasteiger partial charge in [-0.2, -0.15) is 0 Å². The molecule has 1 saturated heterocycles. The first kappa shape index (κ1) is 16.7. The van der Waals surface area contributed by atoms with E-state index in [1.807, 2.05) is 4.90 Å². The minimum atomic E-state index is -3.34. The van der Waals surface area contributed by atoms with E-state index < -0.39 is 16.1 Å². The van der Waals surface area contributed by atoms with Crippen LogP contribution in [0.15, 0.2) is 0 Å². The summed E-state index contributed by atoms with van der Waals surface area (Å²) in [6, 6.07) is -0.666. The van der Waals surface area contributed by atoms with E-state index in [4.69, 9.17) is 0 Å². The van der Waals surface area contributed by atoms with Gasteiger partial charge in [0.15, 0.2) is 0 Å². The third kappa shape index (κ3) is 4.68. The van der Waals surface area contributed by atoms with Crippen LogP contribution >= 0.6 is 0 Å². The molecule has 1 aliphatic heterocycles. The Morgan fingerprint density at radius 2 is 1.67 bits per heavy atom. The van der Waals surface area contributed by atoms with Crippen LogP contribution in [-0.4, -0.2) is 44.6 Å². The summed E-state index contributed by atoms with van der Waals surface area (Å²) in [6.45, 7) is 3.20. The number of sulfonamides is 1. The van der Waals surface area contributed by atoms with Crippen molar-refractivity contribution in [2.75, 3.05) is 19.3 Å². The molecule has 0 aromatic rings. The first-order valence-corrected chi connectivity index (χ1v) is 9.97. The number of carbonyl (C=O) groups is 1. The number of hydrogen-bond donors (Lipinski definition) is 1. The van der Waals surface area contributed by atoms with E-state index >= 15 is 0 Å². The average Bonchev–Trinajstić information content (AvgIpc) is 2.62. The molecule has 0 bridgehead atoms. The molecule has 2 fully saturated rings. The molecular formula is C15H28N2O3S. The quantitative estimate of drug-likeness (QED) is 0.864. The molecule has 1 N–H and O–H groups in total. The van der Waals surface area contributed by atoms with Crippen molar-refractivity contribution in [3.8, 4) is 0 Å². The lowest BCUT2D eigenvalue weighted by molar-refractivity contribution is -0.136. The van der Waals surface area contributed by atoms with Gasteiger partial charge in [0.2, 0.25) is 15.9 Å². The van der Waals surface area contributed by atoms with Crippen LogP contribution in [0.5, 0.6) is 0 Å². The zero-order valence-electron chi connectivity index (χ0n) is 13.2. The zero-order valence-corrected chi connectivity index (χ0v) is 14.0. The third-order valence-electron chi connectivity index (χ3n) is 4.90. The first-order chi connectivity index (χ1) is 9.81. The van der Waals surface area contributed by atoms with Gasteiger partial charge in [-0.3, -0.25) is 4.79 Å². The number of hydrogen-bond acceptors (Lipinski definition) is 3. The highest BCUT2D eigenvalue weighted by molar-refractivity contribution is 7.88. The maximum atomic E-state index is 12.5. The summed E-state index contributed by atoms with van der Waals surface area (Å²) in [5.74, 6) is -0.0799. The monoisotopic (exact) mass is 316 g/mol. The van der Waals surface area contributed by atoms with Gasteiger partial charge in [0.1, 0.15) is 0 Å². The van der Waals surface area contributed by atoms with Gasteiger partial charge >= 0.3 is 0 Å². The fourth-order valence-corrected chi connectivity index (χ4v) is 4.67. The summed E-state index contributed by atoms with van der Waals surface area (Å²) in [5, 5.41) is 0. The number of amides is 1. The molecule has 0 aromatic heterocycles. The van der Waals surface area contributed by atoms with Crippen LogP contribution in [0.4, 0.5) is 0 Å². The van der Waals surface area contributed by atoms with E-state index in [1.165, 1.54) is 44.9 Å². The van der Waals surface area contributed by atoms with Crippen molar-refractivity contribution < 1.29 is 13.2 Å². The van der Waals surface area contributed by atoms with Crippen molar-refractivity contribution in [1.29, 1.82) is 0 Å². The smallest absolute Gasteiger partial charge is 0.240 e. The van der Waals surface area contributed by atoms with E-state index in [2.05, 4.69) is 4.72 Å². The number of rotatable bonds is 3. The van der Waals surface area contributed by atoms with Crippen LogP contribution < -0.4 is 4.72 Å². The molecule has 1 amide bonds. The third-order valence-corrected chi connectivity index (χ3v) is 5.68. The normalized spacial score (nSPS) is 24.6. The lowest BCUT2D eigenvalue weighted by atomic mass is 9.74. The number of nitrogens with one attached hydrogen (secondary N) is 1. The number of nitrogens with zero attached hydrogens (tertiary/aromatic N) is 1. The predicted molar refractivity (Wildman–Crippen MR) is 83.4 cm³/mol. The molecule has 1 saturated carbocycles. The molecule has 21 heavy (non-hydrogen) atoms. The van der Waals surface area contributed by atoms with Gasteiger partial charge < -0.3 is 4.90 Å². The Morgan fingerprint density at radius 1 is 1.10 bits per heavy atom. The van der Waals surface area contributed by atoms with Crippen molar-refractivity contribution in [2.24, 2.45) is 5.41 Å².